The second-order valence-electron chi connectivity index (χ2n) is 9.75. The van der Waals surface area contributed by atoms with Gasteiger partial charge in [0.05, 0.1) is 22.4 Å². The van der Waals surface area contributed by atoms with E-state index in [-0.39, 0.29) is 18.3 Å². The van der Waals surface area contributed by atoms with Crippen molar-refractivity contribution >= 4 is 31.9 Å². The fourth-order valence-corrected chi connectivity index (χ4v) is 3.36. The average molecular weight is 405 g/mol. The molecule has 0 radical (unpaired) electrons. The lowest BCUT2D eigenvalue weighted by molar-refractivity contribution is 0.00578. The quantitative estimate of drug-likeness (QED) is 0.626. The number of allylic oxidation sites excluding steroid dienone is 1. The minimum absolute atomic E-state index is 0.359. The van der Waals surface area contributed by atoms with E-state index in [9.17, 15) is 0 Å². The fraction of sp³-hybridized carbons (Fsp3) is 0.619. The molecule has 0 spiro atoms. The highest BCUT2D eigenvalue weighted by atomic mass is 35.5. The van der Waals surface area contributed by atoms with Crippen LogP contribution in [-0.2, 0) is 18.6 Å². The Hall–Kier alpha value is -0.780. The Labute approximate surface area is 175 Å². The van der Waals surface area contributed by atoms with Crippen LogP contribution >= 0.6 is 11.6 Å². The van der Waals surface area contributed by atoms with Crippen LogP contribution in [0.4, 0.5) is 0 Å². The largest absolute Gasteiger partial charge is 0.490 e. The summed E-state index contributed by atoms with van der Waals surface area (Å²) in [4.78, 5) is 0. The van der Waals surface area contributed by atoms with Crippen LogP contribution in [0.25, 0.3) is 6.08 Å². The van der Waals surface area contributed by atoms with E-state index in [0.717, 1.165) is 11.0 Å². The van der Waals surface area contributed by atoms with Gasteiger partial charge in [-0.15, -0.1) is 0 Å². The molecule has 0 bridgehead atoms. The van der Waals surface area contributed by atoms with Crippen LogP contribution in [-0.4, -0.2) is 36.6 Å². The Kier molecular flexibility index (Phi) is 5.61. The molecule has 3 rings (SSSR count). The number of rotatable bonds is 4. The smallest absolute Gasteiger partial charge is 0.403 e. The standard InChI is InChI=1S/C21H31B2ClO4/c1-18(2)19(3,4)26-22(25-18)14-16(13-15-9-11-17(24)12-10-15)23-27-20(5,6)21(7,8)28-23/h9-13H,14H2,1-8H3/b16-13+. The van der Waals surface area contributed by atoms with Crippen molar-refractivity contribution in [1.82, 2.24) is 0 Å². The van der Waals surface area contributed by atoms with Gasteiger partial charge in [-0.3, -0.25) is 0 Å². The van der Waals surface area contributed by atoms with Gasteiger partial charge in [0, 0.05) is 11.3 Å². The third kappa shape index (κ3) is 4.22. The highest BCUT2D eigenvalue weighted by Gasteiger charge is 2.55. The molecule has 2 aliphatic heterocycles. The molecule has 0 saturated carbocycles. The van der Waals surface area contributed by atoms with E-state index in [0.29, 0.717) is 11.3 Å². The molecule has 152 valence electrons. The molecule has 1 aromatic carbocycles. The molecular formula is C21H31B2ClO4. The van der Waals surface area contributed by atoms with E-state index in [1.165, 1.54) is 0 Å². The molecule has 28 heavy (non-hydrogen) atoms. The Bertz CT molecular complexity index is 724. The Morgan fingerprint density at radius 1 is 0.786 bits per heavy atom. The molecule has 0 aliphatic carbocycles. The predicted molar refractivity (Wildman–Crippen MR) is 116 cm³/mol. The van der Waals surface area contributed by atoms with Crippen molar-refractivity contribution < 1.29 is 18.6 Å². The van der Waals surface area contributed by atoms with Gasteiger partial charge < -0.3 is 18.6 Å². The molecule has 0 unspecified atom stereocenters. The minimum Gasteiger partial charge on any atom is -0.403 e. The zero-order valence-electron chi connectivity index (χ0n) is 18.3. The van der Waals surface area contributed by atoms with Crippen molar-refractivity contribution in [2.24, 2.45) is 0 Å². The summed E-state index contributed by atoms with van der Waals surface area (Å²) < 4.78 is 25.1. The first-order valence-electron chi connectivity index (χ1n) is 9.90. The van der Waals surface area contributed by atoms with E-state index in [2.05, 4.69) is 61.5 Å². The topological polar surface area (TPSA) is 36.9 Å². The Morgan fingerprint density at radius 3 is 1.68 bits per heavy atom. The minimum atomic E-state index is -0.459. The first-order chi connectivity index (χ1) is 12.7. The van der Waals surface area contributed by atoms with Gasteiger partial charge in [0.2, 0.25) is 0 Å². The summed E-state index contributed by atoms with van der Waals surface area (Å²) in [5.41, 5.74) is 0.447. The molecule has 7 heteroatoms. The van der Waals surface area contributed by atoms with E-state index >= 15 is 0 Å². The highest BCUT2D eigenvalue weighted by molar-refractivity contribution is 6.60. The summed E-state index contributed by atoms with van der Waals surface area (Å²) in [5.74, 6) is 0. The van der Waals surface area contributed by atoms with Gasteiger partial charge in [0.15, 0.2) is 0 Å². The number of halogens is 1. The van der Waals surface area contributed by atoms with Crippen molar-refractivity contribution in [3.8, 4) is 0 Å². The molecule has 2 saturated heterocycles. The Morgan fingerprint density at radius 2 is 1.21 bits per heavy atom. The highest BCUT2D eigenvalue weighted by Crippen LogP contribution is 2.42. The molecule has 2 fully saturated rings. The third-order valence-electron chi connectivity index (χ3n) is 6.48. The van der Waals surface area contributed by atoms with Crippen molar-refractivity contribution in [3.63, 3.8) is 0 Å². The maximum Gasteiger partial charge on any atom is 0.490 e. The third-order valence-corrected chi connectivity index (χ3v) is 6.73. The molecule has 2 aliphatic rings. The molecule has 4 nitrogen and oxygen atoms in total. The molecule has 0 atom stereocenters. The second kappa shape index (κ2) is 7.17. The molecule has 1 aromatic rings. The summed E-state index contributed by atoms with van der Waals surface area (Å²) in [6.07, 6.45) is 2.65. The summed E-state index contributed by atoms with van der Waals surface area (Å²) in [7, 11) is -0.817. The summed E-state index contributed by atoms with van der Waals surface area (Å²) >= 11 is 6.04. The maximum atomic E-state index is 6.31. The van der Waals surface area contributed by atoms with Crippen molar-refractivity contribution in [3.05, 3.63) is 40.3 Å². The zero-order valence-corrected chi connectivity index (χ0v) is 19.0. The average Bonchev–Trinajstić information content (AvgIpc) is 2.88. The summed E-state index contributed by atoms with van der Waals surface area (Å²) in [6, 6.07) is 7.73. The van der Waals surface area contributed by atoms with Crippen molar-refractivity contribution in [2.75, 3.05) is 0 Å². The monoisotopic (exact) mass is 404 g/mol. The summed E-state index contributed by atoms with van der Waals surface area (Å²) in [6.45, 7) is 16.5. The first kappa shape index (κ1) is 21.9. The van der Waals surface area contributed by atoms with Gasteiger partial charge in [-0.25, -0.2) is 0 Å². The first-order valence-corrected chi connectivity index (χ1v) is 10.3. The normalized spacial score (nSPS) is 25.4. The summed E-state index contributed by atoms with van der Waals surface area (Å²) in [5, 5.41) is 0.709. The van der Waals surface area contributed by atoms with Crippen molar-refractivity contribution in [2.45, 2.75) is 84.1 Å². The van der Waals surface area contributed by atoms with Gasteiger partial charge in [0.1, 0.15) is 0 Å². The van der Waals surface area contributed by atoms with E-state index in [1.54, 1.807) is 0 Å². The molecule has 0 N–H and O–H groups in total. The lowest BCUT2D eigenvalue weighted by Crippen LogP contribution is -2.41. The van der Waals surface area contributed by atoms with Crippen molar-refractivity contribution in [1.29, 1.82) is 0 Å². The molecular weight excluding hydrogens is 373 g/mol. The maximum absolute atomic E-state index is 6.31. The fourth-order valence-electron chi connectivity index (χ4n) is 3.23. The number of benzene rings is 1. The lowest BCUT2D eigenvalue weighted by atomic mass is 9.65. The van der Waals surface area contributed by atoms with Crippen LogP contribution in [0.15, 0.2) is 29.7 Å². The SMILES string of the molecule is CC1(C)OB(C/C(=C\c2ccc(Cl)cc2)B2OC(C)(C)C(C)(C)O2)OC1(C)C. The van der Waals surface area contributed by atoms with E-state index in [4.69, 9.17) is 30.2 Å². The van der Waals surface area contributed by atoms with E-state index in [1.807, 2.05) is 24.3 Å². The Balaban J connectivity index is 1.89. The lowest BCUT2D eigenvalue weighted by Gasteiger charge is -2.32. The van der Waals surface area contributed by atoms with E-state index < -0.39 is 18.3 Å². The van der Waals surface area contributed by atoms with Gasteiger partial charge in [-0.2, -0.15) is 0 Å². The van der Waals surface area contributed by atoms with Crippen LogP contribution in [0.5, 0.6) is 0 Å². The van der Waals surface area contributed by atoms with Crippen LogP contribution in [0.2, 0.25) is 11.3 Å². The number of hydrogen-bond donors (Lipinski definition) is 0. The zero-order chi connectivity index (χ0) is 21.0. The van der Waals surface area contributed by atoms with Crippen LogP contribution in [0.3, 0.4) is 0 Å². The second-order valence-corrected chi connectivity index (χ2v) is 10.2. The molecule has 0 amide bonds. The van der Waals surface area contributed by atoms with Gasteiger partial charge in [-0.05, 0) is 78.6 Å². The molecule has 2 heterocycles. The van der Waals surface area contributed by atoms with Crippen LogP contribution < -0.4 is 0 Å². The van der Waals surface area contributed by atoms with Crippen LogP contribution in [0.1, 0.15) is 61.0 Å². The van der Waals surface area contributed by atoms with Gasteiger partial charge >= 0.3 is 14.2 Å². The van der Waals surface area contributed by atoms with Crippen LogP contribution in [0, 0.1) is 0 Å². The molecule has 0 aromatic heterocycles. The number of hydrogen-bond acceptors (Lipinski definition) is 4. The van der Waals surface area contributed by atoms with Gasteiger partial charge in [0.25, 0.3) is 0 Å². The predicted octanol–water partition coefficient (Wildman–Crippen LogP) is 5.45. The van der Waals surface area contributed by atoms with Gasteiger partial charge in [-0.1, -0.05) is 29.8 Å².